The number of carbonyl (C=O) groups is 2. The zero-order valence-corrected chi connectivity index (χ0v) is 13.1. The van der Waals surface area contributed by atoms with Gasteiger partial charge in [-0.15, -0.1) is 0 Å². The first kappa shape index (κ1) is 17.4. The van der Waals surface area contributed by atoms with Crippen LogP contribution in [0.2, 0.25) is 5.02 Å². The fraction of sp³-hybridized carbons (Fsp3) is 0.167. The molecule has 0 heterocycles. The molecule has 0 aliphatic carbocycles. The Labute approximate surface area is 132 Å². The fourth-order valence-corrected chi connectivity index (χ4v) is 2.10. The number of ether oxygens (including phenoxy) is 2. The molecule has 0 saturated heterocycles. The number of halogens is 4. The first-order valence-corrected chi connectivity index (χ1v) is 6.46. The van der Waals surface area contributed by atoms with Crippen molar-refractivity contribution in [2.24, 2.45) is 0 Å². The fourth-order valence-electron chi connectivity index (χ4n) is 1.25. The molecular formula is C12H9BrClF2NO4. The van der Waals surface area contributed by atoms with E-state index in [2.05, 4.69) is 30.7 Å². The second kappa shape index (κ2) is 7.37. The minimum absolute atomic E-state index is 0.0473. The van der Waals surface area contributed by atoms with E-state index in [1.807, 2.05) is 0 Å². The van der Waals surface area contributed by atoms with Crippen LogP contribution in [0.1, 0.15) is 0 Å². The van der Waals surface area contributed by atoms with Crippen molar-refractivity contribution in [1.29, 1.82) is 0 Å². The summed E-state index contributed by atoms with van der Waals surface area (Å²) in [5, 5.41) is 1.80. The minimum Gasteiger partial charge on any atom is -0.466 e. The number of rotatable bonds is 4. The van der Waals surface area contributed by atoms with Gasteiger partial charge in [0, 0.05) is 4.47 Å². The number of hydrogen-bond acceptors (Lipinski definition) is 5. The molecule has 0 radical (unpaired) electrons. The summed E-state index contributed by atoms with van der Waals surface area (Å²) < 4.78 is 35.5. The van der Waals surface area contributed by atoms with Gasteiger partial charge in [-0.2, -0.15) is 0 Å². The van der Waals surface area contributed by atoms with E-state index in [-0.39, 0.29) is 15.9 Å². The number of methoxy groups -OCH3 is 2. The van der Waals surface area contributed by atoms with Crippen LogP contribution in [0.25, 0.3) is 0 Å². The molecule has 0 amide bonds. The Morgan fingerprint density at radius 1 is 1.33 bits per heavy atom. The maximum atomic E-state index is 13.4. The summed E-state index contributed by atoms with van der Waals surface area (Å²) in [5.41, 5.74) is -0.505. The van der Waals surface area contributed by atoms with E-state index in [1.165, 1.54) is 0 Å². The molecule has 0 atom stereocenters. The monoisotopic (exact) mass is 383 g/mol. The van der Waals surface area contributed by atoms with E-state index in [1.54, 1.807) is 0 Å². The van der Waals surface area contributed by atoms with Gasteiger partial charge in [-0.1, -0.05) is 11.6 Å². The van der Waals surface area contributed by atoms with Crippen LogP contribution >= 0.6 is 27.5 Å². The van der Waals surface area contributed by atoms with Gasteiger partial charge in [0.15, 0.2) is 11.6 Å². The third-order valence-electron chi connectivity index (χ3n) is 2.24. The van der Waals surface area contributed by atoms with E-state index >= 15 is 0 Å². The van der Waals surface area contributed by atoms with E-state index in [0.29, 0.717) is 0 Å². The van der Waals surface area contributed by atoms with Crippen molar-refractivity contribution >= 4 is 45.2 Å². The Balaban J connectivity index is 3.28. The number of anilines is 1. The third-order valence-corrected chi connectivity index (χ3v) is 3.22. The van der Waals surface area contributed by atoms with Gasteiger partial charge in [-0.25, -0.2) is 18.4 Å². The van der Waals surface area contributed by atoms with Crippen molar-refractivity contribution in [2.45, 2.75) is 0 Å². The maximum Gasteiger partial charge on any atom is 0.354 e. The van der Waals surface area contributed by atoms with E-state index < -0.39 is 28.6 Å². The van der Waals surface area contributed by atoms with Gasteiger partial charge in [0.25, 0.3) is 0 Å². The van der Waals surface area contributed by atoms with Crippen LogP contribution in [0.15, 0.2) is 22.3 Å². The molecule has 1 aromatic rings. The van der Waals surface area contributed by atoms with E-state index in [4.69, 9.17) is 11.6 Å². The molecule has 0 aliphatic heterocycles. The van der Waals surface area contributed by atoms with Crippen LogP contribution in [-0.2, 0) is 19.1 Å². The van der Waals surface area contributed by atoms with Crippen molar-refractivity contribution < 1.29 is 27.8 Å². The Morgan fingerprint density at radius 2 is 1.95 bits per heavy atom. The Kier molecular flexibility index (Phi) is 6.10. The average molecular weight is 385 g/mol. The van der Waals surface area contributed by atoms with Crippen LogP contribution in [-0.4, -0.2) is 26.2 Å². The number of benzene rings is 1. The Hall–Kier alpha value is -1.67. The highest BCUT2D eigenvalue weighted by Crippen LogP contribution is 2.35. The zero-order chi connectivity index (χ0) is 16.2. The average Bonchev–Trinajstić information content (AvgIpc) is 2.46. The molecule has 0 bridgehead atoms. The van der Waals surface area contributed by atoms with Crippen molar-refractivity contribution in [2.75, 3.05) is 19.5 Å². The van der Waals surface area contributed by atoms with Gasteiger partial charge in [0.2, 0.25) is 0 Å². The lowest BCUT2D eigenvalue weighted by Crippen LogP contribution is -2.16. The lowest BCUT2D eigenvalue weighted by Gasteiger charge is -2.13. The lowest BCUT2D eigenvalue weighted by atomic mass is 10.2. The van der Waals surface area contributed by atoms with E-state index in [0.717, 1.165) is 26.4 Å². The molecule has 0 aromatic heterocycles. The SMILES string of the molecule is COC(=O)/C=C(/Nc1c(Br)cc(F)c(F)c1Cl)C(=O)OC. The topological polar surface area (TPSA) is 64.6 Å². The molecule has 0 unspecified atom stereocenters. The van der Waals surface area contributed by atoms with E-state index in [9.17, 15) is 18.4 Å². The predicted molar refractivity (Wildman–Crippen MR) is 74.8 cm³/mol. The van der Waals surface area contributed by atoms with Gasteiger partial charge in [0.1, 0.15) is 10.7 Å². The van der Waals surface area contributed by atoms with Gasteiger partial charge >= 0.3 is 11.9 Å². The second-order valence-electron chi connectivity index (χ2n) is 3.54. The second-order valence-corrected chi connectivity index (χ2v) is 4.77. The lowest BCUT2D eigenvalue weighted by molar-refractivity contribution is -0.138. The summed E-state index contributed by atoms with van der Waals surface area (Å²) in [6, 6.07) is 0.816. The Morgan fingerprint density at radius 3 is 2.48 bits per heavy atom. The summed E-state index contributed by atoms with van der Waals surface area (Å²) in [6.45, 7) is 0. The molecule has 0 saturated carbocycles. The van der Waals surface area contributed by atoms with Crippen LogP contribution in [0.3, 0.4) is 0 Å². The zero-order valence-electron chi connectivity index (χ0n) is 10.8. The number of nitrogens with one attached hydrogen (secondary N) is 1. The number of esters is 2. The van der Waals surface area contributed by atoms with Crippen LogP contribution in [0.5, 0.6) is 0 Å². The molecule has 21 heavy (non-hydrogen) atoms. The summed E-state index contributed by atoms with van der Waals surface area (Å²) in [7, 11) is 2.19. The summed E-state index contributed by atoms with van der Waals surface area (Å²) in [4.78, 5) is 22.8. The molecule has 114 valence electrons. The summed E-state index contributed by atoms with van der Waals surface area (Å²) >= 11 is 8.63. The van der Waals surface area contributed by atoms with Crippen molar-refractivity contribution in [3.63, 3.8) is 0 Å². The first-order chi connectivity index (χ1) is 9.81. The number of carbonyl (C=O) groups excluding carboxylic acids is 2. The van der Waals surface area contributed by atoms with Crippen LogP contribution < -0.4 is 5.32 Å². The highest BCUT2D eigenvalue weighted by atomic mass is 79.9. The molecule has 1 rings (SSSR count). The first-order valence-electron chi connectivity index (χ1n) is 5.29. The predicted octanol–water partition coefficient (Wildman–Crippen LogP) is 3.02. The van der Waals surface area contributed by atoms with Gasteiger partial charge in [0.05, 0.1) is 26.0 Å². The summed E-state index contributed by atoms with van der Waals surface area (Å²) in [5.74, 6) is -4.25. The van der Waals surface area contributed by atoms with Crippen LogP contribution in [0.4, 0.5) is 14.5 Å². The standard InChI is InChI=1S/C12H9BrClF2NO4/c1-20-8(18)4-7(12(19)21-2)17-11-5(13)3-6(15)10(16)9(11)14/h3-4,17H,1-2H3/b7-4+. The maximum absolute atomic E-state index is 13.4. The molecule has 1 aromatic carbocycles. The van der Waals surface area contributed by atoms with Crippen LogP contribution in [0, 0.1) is 11.6 Å². The van der Waals surface area contributed by atoms with Crippen molar-refractivity contribution in [3.05, 3.63) is 39.0 Å². The third kappa shape index (κ3) is 4.15. The molecule has 1 N–H and O–H groups in total. The molecule has 9 heteroatoms. The van der Waals surface area contributed by atoms with Gasteiger partial charge < -0.3 is 14.8 Å². The summed E-state index contributed by atoms with van der Waals surface area (Å²) in [6.07, 6.45) is 0.788. The minimum atomic E-state index is -1.30. The highest BCUT2D eigenvalue weighted by molar-refractivity contribution is 9.10. The van der Waals surface area contributed by atoms with Crippen molar-refractivity contribution in [1.82, 2.24) is 0 Å². The molecular weight excluding hydrogens is 375 g/mol. The smallest absolute Gasteiger partial charge is 0.354 e. The molecule has 0 spiro atoms. The normalized spacial score (nSPS) is 11.0. The van der Waals surface area contributed by atoms with Crippen molar-refractivity contribution in [3.8, 4) is 0 Å². The van der Waals surface area contributed by atoms with Gasteiger partial charge in [-0.3, -0.25) is 0 Å². The van der Waals surface area contributed by atoms with Gasteiger partial charge in [-0.05, 0) is 22.0 Å². The molecule has 5 nitrogen and oxygen atoms in total. The number of hydrogen-bond donors (Lipinski definition) is 1. The Bertz CT molecular complexity index is 622. The largest absolute Gasteiger partial charge is 0.466 e. The molecule has 0 fully saturated rings. The highest BCUT2D eigenvalue weighted by Gasteiger charge is 2.20. The molecule has 0 aliphatic rings. The quantitative estimate of drug-likeness (QED) is 0.374.